The molecular formula is C22H32N2O4. The van der Waals surface area contributed by atoms with E-state index in [4.69, 9.17) is 5.11 Å². The number of amides is 2. The maximum atomic E-state index is 13.3. The second kappa shape index (κ2) is 9.22. The molecule has 0 aliphatic carbocycles. The predicted molar refractivity (Wildman–Crippen MR) is 108 cm³/mol. The number of carboxylic acid groups (broad SMARTS) is 1. The molecule has 1 unspecified atom stereocenters. The second-order valence-electron chi connectivity index (χ2n) is 8.09. The molecule has 1 aliphatic heterocycles. The molecule has 154 valence electrons. The normalized spacial score (nSPS) is 17.7. The molecule has 1 saturated heterocycles. The summed E-state index contributed by atoms with van der Waals surface area (Å²) in [6.07, 6.45) is 3.03. The highest BCUT2D eigenvalue weighted by Gasteiger charge is 2.35. The smallest absolute Gasteiger partial charge is 0.323 e. The van der Waals surface area contributed by atoms with Crippen LogP contribution in [0.5, 0.6) is 0 Å². The van der Waals surface area contributed by atoms with E-state index >= 15 is 0 Å². The van der Waals surface area contributed by atoms with E-state index in [-0.39, 0.29) is 24.4 Å². The summed E-state index contributed by atoms with van der Waals surface area (Å²) in [6, 6.07) is 8.06. The molecule has 1 aromatic rings. The number of carbonyl (C=O) groups excluding carboxylic acids is 2. The van der Waals surface area contributed by atoms with Gasteiger partial charge in [-0.25, -0.2) is 0 Å². The number of aliphatic carboxylic acids is 1. The first kappa shape index (κ1) is 21.9. The minimum atomic E-state index is -1.01. The van der Waals surface area contributed by atoms with Crippen molar-refractivity contribution >= 4 is 17.8 Å². The van der Waals surface area contributed by atoms with Crippen molar-refractivity contribution in [3.05, 3.63) is 35.4 Å². The van der Waals surface area contributed by atoms with E-state index in [0.717, 1.165) is 18.4 Å². The van der Waals surface area contributed by atoms with Gasteiger partial charge >= 0.3 is 5.97 Å². The Morgan fingerprint density at radius 2 is 1.79 bits per heavy atom. The third kappa shape index (κ3) is 5.12. The Morgan fingerprint density at radius 1 is 1.14 bits per heavy atom. The minimum absolute atomic E-state index is 0.0741. The third-order valence-electron chi connectivity index (χ3n) is 5.75. The first-order valence-electron chi connectivity index (χ1n) is 10.0. The van der Waals surface area contributed by atoms with Crippen LogP contribution in [0.1, 0.15) is 58.1 Å². The van der Waals surface area contributed by atoms with Gasteiger partial charge < -0.3 is 14.9 Å². The lowest BCUT2D eigenvalue weighted by Gasteiger charge is -2.32. The predicted octanol–water partition coefficient (Wildman–Crippen LogP) is 2.84. The average molecular weight is 389 g/mol. The van der Waals surface area contributed by atoms with E-state index in [1.165, 1.54) is 17.4 Å². The van der Waals surface area contributed by atoms with Crippen LogP contribution in [0.25, 0.3) is 0 Å². The molecule has 1 aliphatic rings. The van der Waals surface area contributed by atoms with Gasteiger partial charge in [0.1, 0.15) is 6.54 Å². The Hall–Kier alpha value is -2.37. The lowest BCUT2D eigenvalue weighted by Crippen LogP contribution is -2.45. The van der Waals surface area contributed by atoms with Crippen molar-refractivity contribution in [2.45, 2.75) is 64.8 Å². The first-order valence-corrected chi connectivity index (χ1v) is 10.0. The summed E-state index contributed by atoms with van der Waals surface area (Å²) < 4.78 is 0. The van der Waals surface area contributed by atoms with Gasteiger partial charge in [0.05, 0.1) is 5.41 Å². The number of likely N-dealkylation sites (tertiary alicyclic amines) is 1. The van der Waals surface area contributed by atoms with Crippen molar-refractivity contribution in [2.75, 3.05) is 19.6 Å². The number of rotatable bonds is 6. The van der Waals surface area contributed by atoms with Gasteiger partial charge in [-0.15, -0.1) is 0 Å². The van der Waals surface area contributed by atoms with Gasteiger partial charge in [-0.1, -0.05) is 31.2 Å². The van der Waals surface area contributed by atoms with Crippen molar-refractivity contribution in [3.8, 4) is 0 Å². The van der Waals surface area contributed by atoms with Crippen LogP contribution in [0.4, 0.5) is 0 Å². The fraction of sp³-hybridized carbons (Fsp3) is 0.591. The summed E-state index contributed by atoms with van der Waals surface area (Å²) in [4.78, 5) is 39.5. The van der Waals surface area contributed by atoms with Crippen LogP contribution in [0.2, 0.25) is 0 Å². The Labute approximate surface area is 167 Å². The molecule has 0 spiro atoms. The van der Waals surface area contributed by atoms with Crippen molar-refractivity contribution in [2.24, 2.45) is 0 Å². The van der Waals surface area contributed by atoms with Crippen molar-refractivity contribution in [1.82, 2.24) is 9.80 Å². The Balaban J connectivity index is 2.10. The number of hydrogen-bond donors (Lipinski definition) is 1. The molecule has 1 aromatic carbocycles. The summed E-state index contributed by atoms with van der Waals surface area (Å²) in [5, 5.41) is 9.09. The zero-order valence-corrected chi connectivity index (χ0v) is 17.4. The molecule has 6 heteroatoms. The van der Waals surface area contributed by atoms with Crippen molar-refractivity contribution < 1.29 is 19.5 Å². The Bertz CT molecular complexity index is 712. The van der Waals surface area contributed by atoms with Gasteiger partial charge in [0.15, 0.2) is 0 Å². The molecule has 2 rings (SSSR count). The zero-order chi connectivity index (χ0) is 20.9. The van der Waals surface area contributed by atoms with E-state index < -0.39 is 11.4 Å². The van der Waals surface area contributed by atoms with E-state index in [0.29, 0.717) is 25.9 Å². The number of benzene rings is 1. The molecule has 0 aromatic heterocycles. The van der Waals surface area contributed by atoms with Crippen LogP contribution in [0, 0.1) is 0 Å². The molecule has 2 amide bonds. The number of carboxylic acids is 1. The fourth-order valence-corrected chi connectivity index (χ4v) is 3.91. The van der Waals surface area contributed by atoms with Crippen LogP contribution in [0.15, 0.2) is 24.3 Å². The van der Waals surface area contributed by atoms with Crippen LogP contribution < -0.4 is 0 Å². The maximum absolute atomic E-state index is 13.3. The lowest BCUT2D eigenvalue weighted by atomic mass is 9.82. The number of aryl methyl sites for hydroxylation is 1. The summed E-state index contributed by atoms with van der Waals surface area (Å²) >= 11 is 0. The van der Waals surface area contributed by atoms with Gasteiger partial charge in [0.25, 0.3) is 0 Å². The molecule has 1 N–H and O–H groups in total. The lowest BCUT2D eigenvalue weighted by molar-refractivity contribution is -0.145. The molecule has 0 radical (unpaired) electrons. The van der Waals surface area contributed by atoms with E-state index in [2.05, 4.69) is 19.1 Å². The molecular weight excluding hydrogens is 356 g/mol. The molecule has 28 heavy (non-hydrogen) atoms. The van der Waals surface area contributed by atoms with Crippen LogP contribution in [0.3, 0.4) is 0 Å². The molecule has 1 fully saturated rings. The van der Waals surface area contributed by atoms with Gasteiger partial charge in [-0.2, -0.15) is 0 Å². The van der Waals surface area contributed by atoms with Gasteiger partial charge in [0, 0.05) is 26.1 Å². The summed E-state index contributed by atoms with van der Waals surface area (Å²) in [6.45, 7) is 8.28. The average Bonchev–Trinajstić information content (AvgIpc) is 2.91. The monoisotopic (exact) mass is 388 g/mol. The molecule has 0 saturated carbocycles. The Morgan fingerprint density at radius 3 is 2.32 bits per heavy atom. The highest BCUT2D eigenvalue weighted by Crippen LogP contribution is 2.28. The number of hydrogen-bond acceptors (Lipinski definition) is 3. The van der Waals surface area contributed by atoms with Crippen LogP contribution in [-0.4, -0.2) is 58.4 Å². The molecule has 0 bridgehead atoms. The van der Waals surface area contributed by atoms with E-state index in [9.17, 15) is 14.4 Å². The number of nitrogens with zero attached hydrogens (tertiary/aromatic N) is 2. The molecule has 1 heterocycles. The van der Waals surface area contributed by atoms with E-state index in [1.54, 1.807) is 0 Å². The summed E-state index contributed by atoms with van der Waals surface area (Å²) in [5.74, 6) is -1.17. The standard InChI is InChI=1S/C22H32N2O4/c1-5-17-8-10-18(11-9-17)22(3,4)21(28)23-13-6-7-19(12-14-23)24(16(2)25)15-20(26)27/h8-11,19H,5-7,12-15H2,1-4H3,(H,26,27). The largest absolute Gasteiger partial charge is 0.480 e. The molecule has 6 nitrogen and oxygen atoms in total. The Kier molecular flexibility index (Phi) is 7.22. The van der Waals surface area contributed by atoms with Crippen molar-refractivity contribution in [1.29, 1.82) is 0 Å². The summed E-state index contributed by atoms with van der Waals surface area (Å²) in [7, 11) is 0. The second-order valence-corrected chi connectivity index (χ2v) is 8.09. The van der Waals surface area contributed by atoms with Crippen molar-refractivity contribution in [3.63, 3.8) is 0 Å². The zero-order valence-electron chi connectivity index (χ0n) is 17.4. The SMILES string of the molecule is CCc1ccc(C(C)(C)C(=O)N2CCCC(N(CC(=O)O)C(C)=O)CC2)cc1. The highest BCUT2D eigenvalue weighted by atomic mass is 16.4. The quantitative estimate of drug-likeness (QED) is 0.813. The highest BCUT2D eigenvalue weighted by molar-refractivity contribution is 5.87. The third-order valence-corrected chi connectivity index (χ3v) is 5.75. The van der Waals surface area contributed by atoms with E-state index in [1.807, 2.05) is 30.9 Å². The molecule has 1 atom stereocenters. The van der Waals surface area contributed by atoms with Crippen LogP contribution in [-0.2, 0) is 26.2 Å². The topological polar surface area (TPSA) is 77.9 Å². The van der Waals surface area contributed by atoms with Gasteiger partial charge in [-0.05, 0) is 50.7 Å². The summed E-state index contributed by atoms with van der Waals surface area (Å²) in [5.41, 5.74) is 1.60. The minimum Gasteiger partial charge on any atom is -0.480 e. The van der Waals surface area contributed by atoms with Crippen LogP contribution >= 0.6 is 0 Å². The van der Waals surface area contributed by atoms with Gasteiger partial charge in [-0.3, -0.25) is 14.4 Å². The number of carbonyl (C=O) groups is 3. The van der Waals surface area contributed by atoms with Gasteiger partial charge in [0.2, 0.25) is 11.8 Å². The maximum Gasteiger partial charge on any atom is 0.323 e. The first-order chi connectivity index (χ1) is 13.2. The fourth-order valence-electron chi connectivity index (χ4n) is 3.91.